The molecule has 224 valence electrons. The number of carbonyl (C=O) groups excluding carboxylic acids is 2. The minimum Gasteiger partial charge on any atom is -0.484 e. The number of nitrogens with zero attached hydrogens (tertiary/aromatic N) is 4. The Morgan fingerprint density at radius 2 is 1.86 bits per heavy atom. The summed E-state index contributed by atoms with van der Waals surface area (Å²) in [5.41, 5.74) is 10.8. The van der Waals surface area contributed by atoms with Crippen LogP contribution in [0.3, 0.4) is 0 Å². The topological polar surface area (TPSA) is 114 Å². The molecule has 3 heterocycles. The summed E-state index contributed by atoms with van der Waals surface area (Å²) in [6.45, 7) is 11.2. The van der Waals surface area contributed by atoms with Crippen LogP contribution in [0.2, 0.25) is 5.15 Å². The van der Waals surface area contributed by atoms with E-state index in [1.165, 1.54) is 11.1 Å². The van der Waals surface area contributed by atoms with Gasteiger partial charge in [0, 0.05) is 56.3 Å². The van der Waals surface area contributed by atoms with Gasteiger partial charge in [0.15, 0.2) is 6.61 Å². The third kappa shape index (κ3) is 8.20. The Morgan fingerprint density at radius 3 is 2.50 bits per heavy atom. The summed E-state index contributed by atoms with van der Waals surface area (Å²) in [4.78, 5) is 37.5. The Hall–Kier alpha value is -3.69. The van der Waals surface area contributed by atoms with Crippen LogP contribution in [0.4, 0.5) is 5.69 Å². The van der Waals surface area contributed by atoms with Crippen LogP contribution in [0.1, 0.15) is 58.9 Å². The first-order chi connectivity index (χ1) is 20.1. The SMILES string of the molecule is Cc1ccncc1CN(c1ccc(OCC(N)=O)cc1)C1CCN(C(C)CCNC(=O)c2c(C)cc(Cl)nc2C)CC1. The van der Waals surface area contributed by atoms with E-state index in [-0.39, 0.29) is 12.5 Å². The minimum atomic E-state index is -0.500. The maximum absolute atomic E-state index is 12.8. The van der Waals surface area contributed by atoms with E-state index in [0.717, 1.165) is 50.1 Å². The number of ether oxygens (including phenoxy) is 1. The van der Waals surface area contributed by atoms with Crippen molar-refractivity contribution in [2.75, 3.05) is 31.1 Å². The summed E-state index contributed by atoms with van der Waals surface area (Å²) in [7, 11) is 0. The first kappa shape index (κ1) is 31.3. The molecule has 9 nitrogen and oxygen atoms in total. The molecule has 1 aliphatic heterocycles. The summed E-state index contributed by atoms with van der Waals surface area (Å²) >= 11 is 6.02. The van der Waals surface area contributed by atoms with E-state index in [9.17, 15) is 9.59 Å². The Bertz CT molecular complexity index is 1350. The first-order valence-corrected chi connectivity index (χ1v) is 14.8. The highest BCUT2D eigenvalue weighted by Gasteiger charge is 2.28. The Kier molecular flexibility index (Phi) is 10.8. The number of hydrogen-bond donors (Lipinski definition) is 2. The molecular weight excluding hydrogens is 552 g/mol. The van der Waals surface area contributed by atoms with Crippen LogP contribution < -0.4 is 20.7 Å². The molecule has 1 atom stereocenters. The number of pyridine rings is 2. The van der Waals surface area contributed by atoms with Crippen LogP contribution in [0, 0.1) is 20.8 Å². The lowest BCUT2D eigenvalue weighted by Gasteiger charge is -2.42. The predicted molar refractivity (Wildman–Crippen MR) is 166 cm³/mol. The van der Waals surface area contributed by atoms with E-state index in [1.807, 2.05) is 56.6 Å². The lowest BCUT2D eigenvalue weighted by Crippen LogP contribution is -2.48. The third-order valence-electron chi connectivity index (χ3n) is 8.04. The number of aromatic nitrogens is 2. The van der Waals surface area contributed by atoms with Gasteiger partial charge in [-0.05, 0) is 100 Å². The average molecular weight is 593 g/mol. The monoisotopic (exact) mass is 592 g/mol. The van der Waals surface area contributed by atoms with Gasteiger partial charge in [-0.2, -0.15) is 0 Å². The number of benzene rings is 1. The fraction of sp³-hybridized carbons (Fsp3) is 0.438. The van der Waals surface area contributed by atoms with Crippen molar-refractivity contribution in [3.63, 3.8) is 0 Å². The zero-order chi connectivity index (χ0) is 30.2. The van der Waals surface area contributed by atoms with Crippen molar-refractivity contribution in [2.45, 2.75) is 65.6 Å². The zero-order valence-corrected chi connectivity index (χ0v) is 25.7. The highest BCUT2D eigenvalue weighted by atomic mass is 35.5. The predicted octanol–water partition coefficient (Wildman–Crippen LogP) is 4.60. The standard InChI is InChI=1S/C32H41ClN6O3/c1-21-9-13-35-18-25(21)19-39(26-5-7-28(8-6-26)42-20-30(34)40)27-11-15-38(16-12-27)23(3)10-14-36-32(41)31-22(2)17-29(33)37-24(31)4/h5-9,13,17-18,23,27H,10-12,14-16,19-20H2,1-4H3,(H2,34,40)(H,36,41). The van der Waals surface area contributed by atoms with Gasteiger partial charge >= 0.3 is 0 Å². The van der Waals surface area contributed by atoms with Crippen LogP contribution in [-0.2, 0) is 11.3 Å². The zero-order valence-electron chi connectivity index (χ0n) is 24.9. The number of hydrogen-bond acceptors (Lipinski definition) is 7. The number of amides is 2. The summed E-state index contributed by atoms with van der Waals surface area (Å²) in [6.07, 6.45) is 6.67. The summed E-state index contributed by atoms with van der Waals surface area (Å²) < 4.78 is 5.47. The number of anilines is 1. The molecule has 42 heavy (non-hydrogen) atoms. The molecule has 3 N–H and O–H groups in total. The van der Waals surface area contributed by atoms with Crippen molar-refractivity contribution in [3.05, 3.63) is 81.9 Å². The molecule has 0 spiro atoms. The molecule has 3 aromatic rings. The number of likely N-dealkylation sites (tertiary alicyclic amines) is 1. The smallest absolute Gasteiger partial charge is 0.255 e. The number of halogens is 1. The van der Waals surface area contributed by atoms with E-state index in [0.29, 0.717) is 40.8 Å². The Morgan fingerprint density at radius 1 is 1.14 bits per heavy atom. The molecular formula is C32H41ClN6O3. The lowest BCUT2D eigenvalue weighted by molar-refractivity contribution is -0.119. The summed E-state index contributed by atoms with van der Waals surface area (Å²) in [5.74, 6) is 0.0103. The molecule has 10 heteroatoms. The highest BCUT2D eigenvalue weighted by molar-refractivity contribution is 6.29. The fourth-order valence-electron chi connectivity index (χ4n) is 5.60. The maximum atomic E-state index is 12.8. The highest BCUT2D eigenvalue weighted by Crippen LogP contribution is 2.29. The lowest BCUT2D eigenvalue weighted by atomic mass is 9.99. The number of carbonyl (C=O) groups is 2. The van der Waals surface area contributed by atoms with Crippen LogP contribution in [0.5, 0.6) is 5.75 Å². The van der Waals surface area contributed by atoms with Crippen LogP contribution in [0.25, 0.3) is 0 Å². The summed E-state index contributed by atoms with van der Waals surface area (Å²) in [5, 5.41) is 3.47. The number of nitrogens with one attached hydrogen (secondary N) is 1. The fourth-order valence-corrected chi connectivity index (χ4v) is 5.89. The second kappa shape index (κ2) is 14.5. The van der Waals surface area contributed by atoms with E-state index in [2.05, 4.69) is 38.9 Å². The Balaban J connectivity index is 1.35. The van der Waals surface area contributed by atoms with Crippen LogP contribution in [0.15, 0.2) is 48.8 Å². The van der Waals surface area contributed by atoms with Gasteiger partial charge in [-0.15, -0.1) is 0 Å². The molecule has 2 amide bonds. The van der Waals surface area contributed by atoms with Crippen molar-refractivity contribution in [1.82, 2.24) is 20.2 Å². The second-order valence-corrected chi connectivity index (χ2v) is 11.4. The molecule has 1 aromatic carbocycles. The third-order valence-corrected chi connectivity index (χ3v) is 8.24. The molecule has 1 unspecified atom stereocenters. The molecule has 0 aliphatic carbocycles. The minimum absolute atomic E-state index is 0.104. The average Bonchev–Trinajstić information content (AvgIpc) is 2.95. The first-order valence-electron chi connectivity index (χ1n) is 14.5. The van der Waals surface area contributed by atoms with E-state index in [1.54, 1.807) is 6.07 Å². The molecule has 1 saturated heterocycles. The van der Waals surface area contributed by atoms with Gasteiger partial charge in [-0.1, -0.05) is 11.6 Å². The van der Waals surface area contributed by atoms with Crippen LogP contribution >= 0.6 is 11.6 Å². The molecule has 0 radical (unpaired) electrons. The largest absolute Gasteiger partial charge is 0.484 e. The molecule has 1 aliphatic rings. The van der Waals surface area contributed by atoms with Gasteiger partial charge in [0.2, 0.25) is 0 Å². The van der Waals surface area contributed by atoms with Gasteiger partial charge in [-0.3, -0.25) is 14.6 Å². The molecule has 1 fully saturated rings. The van der Waals surface area contributed by atoms with Crippen molar-refractivity contribution < 1.29 is 14.3 Å². The van der Waals surface area contributed by atoms with E-state index in [4.69, 9.17) is 22.1 Å². The van der Waals surface area contributed by atoms with Gasteiger partial charge in [0.25, 0.3) is 11.8 Å². The number of rotatable bonds is 12. The number of primary amides is 1. The molecule has 4 rings (SSSR count). The van der Waals surface area contributed by atoms with Crippen molar-refractivity contribution in [1.29, 1.82) is 0 Å². The van der Waals surface area contributed by atoms with Gasteiger partial charge < -0.3 is 25.6 Å². The Labute approximate surface area is 253 Å². The number of aryl methyl sites for hydroxylation is 3. The summed E-state index contributed by atoms with van der Waals surface area (Å²) in [6, 6.07) is 12.3. The molecule has 0 bridgehead atoms. The van der Waals surface area contributed by atoms with Crippen molar-refractivity contribution >= 4 is 29.1 Å². The molecule has 2 aromatic heterocycles. The van der Waals surface area contributed by atoms with E-state index >= 15 is 0 Å². The van der Waals surface area contributed by atoms with Gasteiger partial charge in [-0.25, -0.2) is 4.98 Å². The van der Waals surface area contributed by atoms with Gasteiger partial charge in [0.1, 0.15) is 10.9 Å². The van der Waals surface area contributed by atoms with Crippen molar-refractivity contribution in [3.8, 4) is 5.75 Å². The number of nitrogens with two attached hydrogens (primary N) is 1. The van der Waals surface area contributed by atoms with Crippen molar-refractivity contribution in [2.24, 2.45) is 5.73 Å². The quantitative estimate of drug-likeness (QED) is 0.296. The van der Waals surface area contributed by atoms with Gasteiger partial charge in [0.05, 0.1) is 11.3 Å². The second-order valence-electron chi connectivity index (χ2n) is 11.1. The van der Waals surface area contributed by atoms with E-state index < -0.39 is 5.91 Å². The molecule has 0 saturated carbocycles. The normalized spacial score (nSPS) is 14.8. The maximum Gasteiger partial charge on any atom is 0.255 e. The number of piperidine rings is 1. The van der Waals surface area contributed by atoms with Crippen LogP contribution in [-0.4, -0.2) is 65.0 Å².